The predicted octanol–water partition coefficient (Wildman–Crippen LogP) is -0.0425. The Bertz CT molecular complexity index is 102. The van der Waals surface area contributed by atoms with Gasteiger partial charge in [0.05, 0.1) is 19.3 Å². The topological polar surface area (TPSA) is 32.7 Å². The summed E-state index contributed by atoms with van der Waals surface area (Å²) in [5.74, 6) is 0. The van der Waals surface area contributed by atoms with E-state index in [4.69, 9.17) is 4.74 Å². The molecule has 1 rings (SSSR count). The lowest BCUT2D eigenvalue weighted by Gasteiger charge is -2.16. The summed E-state index contributed by atoms with van der Waals surface area (Å²) in [5, 5.41) is 9.21. The maximum atomic E-state index is 9.21. The van der Waals surface area contributed by atoms with E-state index in [1.165, 1.54) is 0 Å². The Morgan fingerprint density at radius 1 is 1.70 bits per heavy atom. The zero-order valence-electron chi connectivity index (χ0n) is 6.12. The van der Waals surface area contributed by atoms with Gasteiger partial charge in [-0.1, -0.05) is 11.9 Å². The van der Waals surface area contributed by atoms with Gasteiger partial charge < -0.3 is 9.84 Å². The monoisotopic (exact) mass is 163 g/mol. The van der Waals surface area contributed by atoms with Gasteiger partial charge in [-0.3, -0.25) is 0 Å². The van der Waals surface area contributed by atoms with E-state index in [1.807, 2.05) is 6.26 Å². The summed E-state index contributed by atoms with van der Waals surface area (Å²) in [5.41, 5.74) is 0. The highest BCUT2D eigenvalue weighted by molar-refractivity contribution is 7.96. The molecule has 0 saturated carbocycles. The Hall–Kier alpha value is 0.230. The number of nitrogens with zero attached hydrogens (tertiary/aromatic N) is 1. The van der Waals surface area contributed by atoms with E-state index in [0.29, 0.717) is 6.61 Å². The SMILES string of the molecule is CSN1CCOC[C@@H](O)C1. The average Bonchev–Trinajstić information content (AvgIpc) is 2.13. The van der Waals surface area contributed by atoms with Crippen molar-refractivity contribution in [3.05, 3.63) is 0 Å². The van der Waals surface area contributed by atoms with E-state index in [0.717, 1.165) is 19.7 Å². The highest BCUT2D eigenvalue weighted by atomic mass is 32.2. The number of hydrogen-bond acceptors (Lipinski definition) is 4. The molecule has 1 aliphatic rings. The summed E-state index contributed by atoms with van der Waals surface area (Å²) in [6.45, 7) is 2.86. The number of hydrogen-bond donors (Lipinski definition) is 1. The Labute approximate surface area is 65.5 Å². The van der Waals surface area contributed by atoms with Crippen LogP contribution in [0.4, 0.5) is 0 Å². The fourth-order valence-corrected chi connectivity index (χ4v) is 1.51. The van der Waals surface area contributed by atoms with Crippen molar-refractivity contribution in [3.8, 4) is 0 Å². The molecule has 1 atom stereocenters. The minimum absolute atomic E-state index is 0.310. The molecule has 10 heavy (non-hydrogen) atoms. The van der Waals surface area contributed by atoms with Gasteiger partial charge in [-0.05, 0) is 6.26 Å². The van der Waals surface area contributed by atoms with Crippen molar-refractivity contribution in [1.29, 1.82) is 0 Å². The van der Waals surface area contributed by atoms with Crippen molar-refractivity contribution in [2.45, 2.75) is 6.10 Å². The van der Waals surface area contributed by atoms with Crippen molar-refractivity contribution >= 4 is 11.9 Å². The molecule has 4 heteroatoms. The first-order valence-electron chi connectivity index (χ1n) is 3.38. The van der Waals surface area contributed by atoms with Crippen LogP contribution in [0.25, 0.3) is 0 Å². The molecule has 0 radical (unpaired) electrons. The molecule has 0 spiro atoms. The number of aliphatic hydroxyl groups excluding tert-OH is 1. The molecule has 1 heterocycles. The van der Waals surface area contributed by atoms with Crippen LogP contribution < -0.4 is 0 Å². The summed E-state index contributed by atoms with van der Waals surface area (Å²) >= 11 is 1.66. The third-order valence-electron chi connectivity index (χ3n) is 1.47. The Morgan fingerprint density at radius 2 is 2.50 bits per heavy atom. The lowest BCUT2D eigenvalue weighted by molar-refractivity contribution is 0.0584. The maximum Gasteiger partial charge on any atom is 0.0909 e. The van der Waals surface area contributed by atoms with Gasteiger partial charge >= 0.3 is 0 Å². The number of β-amino-alcohol motifs (C(OH)–C–C–N with tert-alkyl or cyclic N) is 1. The van der Waals surface area contributed by atoms with Crippen LogP contribution in [0.15, 0.2) is 0 Å². The second kappa shape index (κ2) is 4.18. The molecule has 0 aromatic carbocycles. The van der Waals surface area contributed by atoms with Crippen LogP contribution in [-0.2, 0) is 4.74 Å². The standard InChI is InChI=1S/C6H13NO2S/c1-10-7-2-3-9-5-6(8)4-7/h6,8H,2-5H2,1H3/t6-/m0/s1. The van der Waals surface area contributed by atoms with Gasteiger partial charge in [-0.15, -0.1) is 0 Å². The summed E-state index contributed by atoms with van der Waals surface area (Å²) in [4.78, 5) is 0. The quantitative estimate of drug-likeness (QED) is 0.550. The Morgan fingerprint density at radius 3 is 3.20 bits per heavy atom. The van der Waals surface area contributed by atoms with E-state index in [-0.39, 0.29) is 6.10 Å². The highest BCUT2D eigenvalue weighted by Gasteiger charge is 2.14. The van der Waals surface area contributed by atoms with Crippen molar-refractivity contribution < 1.29 is 9.84 Å². The lowest BCUT2D eigenvalue weighted by atomic mass is 10.4. The molecule has 0 bridgehead atoms. The molecule has 3 nitrogen and oxygen atoms in total. The molecule has 0 unspecified atom stereocenters. The summed E-state index contributed by atoms with van der Waals surface area (Å²) in [6.07, 6.45) is 1.70. The van der Waals surface area contributed by atoms with E-state index in [9.17, 15) is 5.11 Å². The molecule has 1 N–H and O–H groups in total. The minimum Gasteiger partial charge on any atom is -0.389 e. The van der Waals surface area contributed by atoms with E-state index in [2.05, 4.69) is 4.31 Å². The summed E-state index contributed by atoms with van der Waals surface area (Å²) < 4.78 is 7.24. The van der Waals surface area contributed by atoms with Crippen LogP contribution in [0.5, 0.6) is 0 Å². The van der Waals surface area contributed by atoms with Crippen LogP contribution in [0.2, 0.25) is 0 Å². The fraction of sp³-hybridized carbons (Fsp3) is 1.00. The van der Waals surface area contributed by atoms with Crippen molar-refractivity contribution in [1.82, 2.24) is 4.31 Å². The molecule has 1 fully saturated rings. The van der Waals surface area contributed by atoms with Gasteiger partial charge in [0.1, 0.15) is 0 Å². The zero-order chi connectivity index (χ0) is 7.40. The average molecular weight is 163 g/mol. The van der Waals surface area contributed by atoms with E-state index >= 15 is 0 Å². The van der Waals surface area contributed by atoms with E-state index < -0.39 is 0 Å². The van der Waals surface area contributed by atoms with Gasteiger partial charge in [-0.25, -0.2) is 4.31 Å². The predicted molar refractivity (Wildman–Crippen MR) is 41.9 cm³/mol. The van der Waals surface area contributed by atoms with Crippen LogP contribution in [0.1, 0.15) is 0 Å². The Kier molecular flexibility index (Phi) is 3.48. The molecule has 1 saturated heterocycles. The van der Waals surface area contributed by atoms with Gasteiger partial charge in [0.25, 0.3) is 0 Å². The first kappa shape index (κ1) is 8.33. The van der Waals surface area contributed by atoms with Gasteiger partial charge in [-0.2, -0.15) is 0 Å². The van der Waals surface area contributed by atoms with Crippen molar-refractivity contribution in [2.75, 3.05) is 32.6 Å². The highest BCUT2D eigenvalue weighted by Crippen LogP contribution is 2.08. The molecule has 60 valence electrons. The van der Waals surface area contributed by atoms with Crippen LogP contribution in [-0.4, -0.2) is 48.1 Å². The minimum atomic E-state index is -0.310. The lowest BCUT2D eigenvalue weighted by Crippen LogP contribution is -2.26. The van der Waals surface area contributed by atoms with Gasteiger partial charge in [0.2, 0.25) is 0 Å². The molecule has 0 aromatic rings. The second-order valence-corrected chi connectivity index (χ2v) is 3.18. The van der Waals surface area contributed by atoms with Crippen molar-refractivity contribution in [2.24, 2.45) is 0 Å². The number of aliphatic hydroxyl groups is 1. The molecular formula is C6H13NO2S. The smallest absolute Gasteiger partial charge is 0.0909 e. The van der Waals surface area contributed by atoms with Crippen LogP contribution >= 0.6 is 11.9 Å². The molecule has 0 amide bonds. The van der Waals surface area contributed by atoms with Crippen LogP contribution in [0, 0.1) is 0 Å². The Balaban J connectivity index is 2.30. The molecule has 1 aliphatic heterocycles. The van der Waals surface area contributed by atoms with Gasteiger partial charge in [0, 0.05) is 13.1 Å². The third-order valence-corrected chi connectivity index (χ3v) is 2.32. The third kappa shape index (κ3) is 2.46. The first-order valence-corrected chi connectivity index (χ1v) is 4.56. The number of rotatable bonds is 1. The molecular weight excluding hydrogens is 150 g/mol. The zero-order valence-corrected chi connectivity index (χ0v) is 6.93. The van der Waals surface area contributed by atoms with E-state index in [1.54, 1.807) is 11.9 Å². The number of ether oxygens (including phenoxy) is 1. The second-order valence-electron chi connectivity index (χ2n) is 2.30. The van der Waals surface area contributed by atoms with Crippen molar-refractivity contribution in [3.63, 3.8) is 0 Å². The first-order chi connectivity index (χ1) is 4.83. The summed E-state index contributed by atoms with van der Waals surface area (Å²) in [6, 6.07) is 0. The maximum absolute atomic E-state index is 9.21. The largest absolute Gasteiger partial charge is 0.389 e. The van der Waals surface area contributed by atoms with Crippen LogP contribution in [0.3, 0.4) is 0 Å². The summed E-state index contributed by atoms with van der Waals surface area (Å²) in [7, 11) is 0. The fourth-order valence-electron chi connectivity index (χ4n) is 0.931. The molecule has 0 aromatic heterocycles. The molecule has 0 aliphatic carbocycles. The van der Waals surface area contributed by atoms with Gasteiger partial charge in [0.15, 0.2) is 0 Å². The normalized spacial score (nSPS) is 30.0.